The Balaban J connectivity index is 2.60. The number of halogens is 1. The van der Waals surface area contributed by atoms with Crippen molar-refractivity contribution in [2.45, 2.75) is 0 Å². The van der Waals surface area contributed by atoms with E-state index >= 15 is 0 Å². The van der Waals surface area contributed by atoms with Crippen LogP contribution < -0.4 is 5.73 Å². The Labute approximate surface area is 93.9 Å². The molecule has 0 saturated heterocycles. The number of aromatic nitrogens is 3. The molecule has 0 aliphatic rings. The van der Waals surface area contributed by atoms with Crippen LogP contribution in [0.2, 0.25) is 0 Å². The molecule has 0 amide bonds. The van der Waals surface area contributed by atoms with Gasteiger partial charge in [0.2, 0.25) is 10.7 Å². The van der Waals surface area contributed by atoms with Crippen LogP contribution in [0.25, 0.3) is 5.69 Å². The standard InChI is InChI=1S/C8H7BrN4S/c9-5-1-3-6(4-2-5)13-7(10)11-12-8(13)14/h1-4H,(H2,10,11)(H,12,14). The van der Waals surface area contributed by atoms with Gasteiger partial charge in [-0.25, -0.2) is 5.10 Å². The summed E-state index contributed by atoms with van der Waals surface area (Å²) in [5.74, 6) is 0.359. The zero-order chi connectivity index (χ0) is 10.1. The molecule has 0 radical (unpaired) electrons. The maximum Gasteiger partial charge on any atom is 0.225 e. The molecule has 4 nitrogen and oxygen atoms in total. The molecule has 0 atom stereocenters. The monoisotopic (exact) mass is 270 g/mol. The molecule has 14 heavy (non-hydrogen) atoms. The highest BCUT2D eigenvalue weighted by atomic mass is 79.9. The van der Waals surface area contributed by atoms with Gasteiger partial charge in [-0.2, -0.15) is 0 Å². The first kappa shape index (κ1) is 9.42. The van der Waals surface area contributed by atoms with Crippen molar-refractivity contribution in [3.63, 3.8) is 0 Å². The van der Waals surface area contributed by atoms with E-state index in [0.29, 0.717) is 10.7 Å². The lowest BCUT2D eigenvalue weighted by atomic mass is 10.3. The minimum atomic E-state index is 0.359. The van der Waals surface area contributed by atoms with Crippen molar-refractivity contribution in [3.05, 3.63) is 33.5 Å². The summed E-state index contributed by atoms with van der Waals surface area (Å²) in [4.78, 5) is 0. The van der Waals surface area contributed by atoms with Crippen molar-refractivity contribution >= 4 is 34.1 Å². The summed E-state index contributed by atoms with van der Waals surface area (Å²) in [6.07, 6.45) is 0. The van der Waals surface area contributed by atoms with Crippen molar-refractivity contribution < 1.29 is 0 Å². The first-order valence-electron chi connectivity index (χ1n) is 3.87. The van der Waals surface area contributed by atoms with Crippen LogP contribution >= 0.6 is 28.1 Å². The van der Waals surface area contributed by atoms with Crippen molar-refractivity contribution in [2.75, 3.05) is 5.73 Å². The van der Waals surface area contributed by atoms with Crippen LogP contribution in [0.5, 0.6) is 0 Å². The normalized spacial score (nSPS) is 10.4. The van der Waals surface area contributed by atoms with Crippen LogP contribution in [-0.4, -0.2) is 14.8 Å². The lowest BCUT2D eigenvalue weighted by molar-refractivity contribution is 1.04. The second kappa shape index (κ2) is 3.55. The van der Waals surface area contributed by atoms with E-state index in [-0.39, 0.29) is 0 Å². The number of nitrogens with two attached hydrogens (primary N) is 1. The largest absolute Gasteiger partial charge is 0.368 e. The Kier molecular flexibility index (Phi) is 2.39. The van der Waals surface area contributed by atoms with Gasteiger partial charge >= 0.3 is 0 Å². The van der Waals surface area contributed by atoms with E-state index in [1.165, 1.54) is 0 Å². The number of nitrogen functional groups attached to an aromatic ring is 1. The topological polar surface area (TPSA) is 59.6 Å². The number of H-pyrrole nitrogens is 1. The zero-order valence-corrected chi connectivity index (χ0v) is 9.47. The lowest BCUT2D eigenvalue weighted by Crippen LogP contribution is -2.00. The molecule has 2 aromatic rings. The molecule has 0 fully saturated rings. The minimum absolute atomic E-state index is 0.359. The predicted octanol–water partition coefficient (Wildman–Crippen LogP) is 2.27. The summed E-state index contributed by atoms with van der Waals surface area (Å²) in [7, 11) is 0. The summed E-state index contributed by atoms with van der Waals surface area (Å²) in [6, 6.07) is 7.66. The molecule has 0 aliphatic carbocycles. The molecule has 0 aliphatic heterocycles. The quantitative estimate of drug-likeness (QED) is 0.782. The van der Waals surface area contributed by atoms with E-state index in [2.05, 4.69) is 26.1 Å². The molecule has 0 spiro atoms. The van der Waals surface area contributed by atoms with E-state index in [1.807, 2.05) is 24.3 Å². The van der Waals surface area contributed by atoms with Crippen LogP contribution in [0.3, 0.4) is 0 Å². The van der Waals surface area contributed by atoms with Crippen molar-refractivity contribution in [2.24, 2.45) is 0 Å². The van der Waals surface area contributed by atoms with Gasteiger partial charge in [-0.1, -0.05) is 15.9 Å². The van der Waals surface area contributed by atoms with E-state index in [9.17, 15) is 0 Å². The highest BCUT2D eigenvalue weighted by Gasteiger charge is 2.03. The van der Waals surface area contributed by atoms with Crippen LogP contribution in [-0.2, 0) is 0 Å². The molecule has 1 heterocycles. The first-order valence-corrected chi connectivity index (χ1v) is 5.07. The van der Waals surface area contributed by atoms with E-state index in [0.717, 1.165) is 10.2 Å². The third-order valence-electron chi connectivity index (χ3n) is 1.78. The van der Waals surface area contributed by atoms with Gasteiger partial charge in [0, 0.05) is 4.47 Å². The number of hydrogen-bond donors (Lipinski definition) is 2. The van der Waals surface area contributed by atoms with Crippen molar-refractivity contribution in [1.82, 2.24) is 14.8 Å². The summed E-state index contributed by atoms with van der Waals surface area (Å²) in [6.45, 7) is 0. The fraction of sp³-hybridized carbons (Fsp3) is 0. The molecular formula is C8H7BrN4S. The van der Waals surface area contributed by atoms with E-state index in [4.69, 9.17) is 18.0 Å². The number of aromatic amines is 1. The molecule has 0 unspecified atom stereocenters. The van der Waals surface area contributed by atoms with Crippen LogP contribution in [0.1, 0.15) is 0 Å². The van der Waals surface area contributed by atoms with E-state index in [1.54, 1.807) is 4.57 Å². The van der Waals surface area contributed by atoms with Gasteiger partial charge in [-0.05, 0) is 36.5 Å². The van der Waals surface area contributed by atoms with Crippen LogP contribution in [0, 0.1) is 4.77 Å². The van der Waals surface area contributed by atoms with Gasteiger partial charge in [0.25, 0.3) is 0 Å². The van der Waals surface area contributed by atoms with Crippen molar-refractivity contribution in [1.29, 1.82) is 0 Å². The Morgan fingerprint density at radius 3 is 2.50 bits per heavy atom. The highest BCUT2D eigenvalue weighted by Crippen LogP contribution is 2.16. The van der Waals surface area contributed by atoms with Gasteiger partial charge < -0.3 is 5.73 Å². The molecular weight excluding hydrogens is 264 g/mol. The Bertz CT molecular complexity index is 499. The Morgan fingerprint density at radius 2 is 2.00 bits per heavy atom. The third-order valence-corrected chi connectivity index (χ3v) is 2.59. The van der Waals surface area contributed by atoms with Gasteiger partial charge in [0.05, 0.1) is 5.69 Å². The fourth-order valence-electron chi connectivity index (χ4n) is 1.15. The van der Waals surface area contributed by atoms with Crippen LogP contribution in [0.15, 0.2) is 28.7 Å². The second-order valence-corrected chi connectivity index (χ2v) is 4.00. The second-order valence-electron chi connectivity index (χ2n) is 2.70. The average Bonchev–Trinajstić information content (AvgIpc) is 2.49. The van der Waals surface area contributed by atoms with Gasteiger partial charge in [0.15, 0.2) is 0 Å². The van der Waals surface area contributed by atoms with Crippen molar-refractivity contribution in [3.8, 4) is 5.69 Å². The maximum atomic E-state index is 5.65. The smallest absolute Gasteiger partial charge is 0.225 e. The summed E-state index contributed by atoms with van der Waals surface area (Å²) in [5.41, 5.74) is 6.55. The average molecular weight is 271 g/mol. The SMILES string of the molecule is Nc1n[nH]c(=S)n1-c1ccc(Br)cc1. The van der Waals surface area contributed by atoms with Gasteiger partial charge in [-0.15, -0.1) is 5.10 Å². The van der Waals surface area contributed by atoms with Crippen LogP contribution in [0.4, 0.5) is 5.95 Å². The van der Waals surface area contributed by atoms with Gasteiger partial charge in [0.1, 0.15) is 0 Å². The Morgan fingerprint density at radius 1 is 1.36 bits per heavy atom. The number of nitrogens with zero attached hydrogens (tertiary/aromatic N) is 2. The maximum absolute atomic E-state index is 5.65. The fourth-order valence-corrected chi connectivity index (χ4v) is 1.66. The zero-order valence-electron chi connectivity index (χ0n) is 7.07. The van der Waals surface area contributed by atoms with E-state index < -0.39 is 0 Å². The highest BCUT2D eigenvalue weighted by molar-refractivity contribution is 9.10. The summed E-state index contributed by atoms with van der Waals surface area (Å²) < 4.78 is 3.17. The molecule has 1 aromatic heterocycles. The summed E-state index contributed by atoms with van der Waals surface area (Å²) in [5, 5.41) is 6.46. The molecule has 0 bridgehead atoms. The Hall–Kier alpha value is -1.14. The predicted molar refractivity (Wildman–Crippen MR) is 60.9 cm³/mol. The molecule has 3 N–H and O–H groups in total. The van der Waals surface area contributed by atoms with Gasteiger partial charge in [-0.3, -0.25) is 4.57 Å². The number of nitrogens with one attached hydrogen (secondary N) is 1. The number of anilines is 1. The first-order chi connectivity index (χ1) is 6.68. The number of hydrogen-bond acceptors (Lipinski definition) is 3. The minimum Gasteiger partial charge on any atom is -0.368 e. The molecule has 6 heteroatoms. The number of rotatable bonds is 1. The third kappa shape index (κ3) is 1.58. The molecule has 2 rings (SSSR count). The lowest BCUT2D eigenvalue weighted by Gasteiger charge is -2.02. The number of benzene rings is 1. The summed E-state index contributed by atoms with van der Waals surface area (Å²) >= 11 is 8.40. The molecule has 72 valence electrons. The molecule has 1 aromatic carbocycles. The molecule has 0 saturated carbocycles.